The smallest absolute Gasteiger partial charge is 0.124 e. The highest BCUT2D eigenvalue weighted by atomic mass is 127. The summed E-state index contributed by atoms with van der Waals surface area (Å²) in [6.45, 7) is 1.81. The number of halogens is 3. The molecular formula is C14H12F2IN. The van der Waals surface area contributed by atoms with Crippen LogP contribution in [0.5, 0.6) is 0 Å². The maximum atomic E-state index is 13.1. The first kappa shape index (κ1) is 13.4. The molecule has 0 aromatic heterocycles. The fraction of sp³-hybridized carbons (Fsp3) is 0.143. The molecule has 0 aliphatic rings. The zero-order valence-electron chi connectivity index (χ0n) is 9.75. The van der Waals surface area contributed by atoms with Crippen LogP contribution in [0.1, 0.15) is 22.7 Å². The molecule has 0 spiro atoms. The zero-order valence-corrected chi connectivity index (χ0v) is 11.9. The quantitative estimate of drug-likeness (QED) is 0.808. The summed E-state index contributed by atoms with van der Waals surface area (Å²) in [6.07, 6.45) is 0. The van der Waals surface area contributed by atoms with E-state index >= 15 is 0 Å². The lowest BCUT2D eigenvalue weighted by Crippen LogP contribution is -2.15. The van der Waals surface area contributed by atoms with Gasteiger partial charge in [-0.2, -0.15) is 0 Å². The van der Waals surface area contributed by atoms with Crippen LogP contribution in [0, 0.1) is 22.1 Å². The van der Waals surface area contributed by atoms with Crippen LogP contribution in [0.2, 0.25) is 0 Å². The molecule has 0 fully saturated rings. The topological polar surface area (TPSA) is 26.0 Å². The molecule has 94 valence electrons. The molecule has 2 aromatic carbocycles. The molecule has 0 saturated heterocycles. The van der Waals surface area contributed by atoms with Crippen LogP contribution in [0.15, 0.2) is 36.4 Å². The first-order valence-electron chi connectivity index (χ1n) is 5.45. The normalized spacial score (nSPS) is 12.5. The third-order valence-electron chi connectivity index (χ3n) is 2.86. The van der Waals surface area contributed by atoms with Gasteiger partial charge in [0.2, 0.25) is 0 Å². The molecule has 1 atom stereocenters. The van der Waals surface area contributed by atoms with Crippen LogP contribution < -0.4 is 5.73 Å². The SMILES string of the molecule is Cc1cc(F)ccc1C(N)c1ccc(F)cc1I. The number of hydrogen-bond acceptors (Lipinski definition) is 1. The van der Waals surface area contributed by atoms with Crippen molar-refractivity contribution >= 4 is 22.6 Å². The molecule has 0 aliphatic heterocycles. The van der Waals surface area contributed by atoms with E-state index in [9.17, 15) is 8.78 Å². The lowest BCUT2D eigenvalue weighted by molar-refractivity contribution is 0.623. The Bertz CT molecular complexity index is 533. The van der Waals surface area contributed by atoms with E-state index in [4.69, 9.17) is 5.73 Å². The molecule has 0 saturated carbocycles. The van der Waals surface area contributed by atoms with Crippen molar-refractivity contribution in [1.29, 1.82) is 0 Å². The summed E-state index contributed by atoms with van der Waals surface area (Å²) in [5, 5.41) is 0. The highest BCUT2D eigenvalue weighted by Crippen LogP contribution is 2.27. The first-order valence-corrected chi connectivity index (χ1v) is 6.53. The van der Waals surface area contributed by atoms with Gasteiger partial charge in [-0.15, -0.1) is 0 Å². The standard InChI is InChI=1S/C14H12F2IN/c1-8-6-9(15)2-4-11(8)14(18)12-5-3-10(16)7-13(12)17/h2-7,14H,18H2,1H3. The molecule has 2 aromatic rings. The van der Waals surface area contributed by atoms with Crippen molar-refractivity contribution in [1.82, 2.24) is 0 Å². The molecule has 1 nitrogen and oxygen atoms in total. The van der Waals surface area contributed by atoms with Gasteiger partial charge >= 0.3 is 0 Å². The Morgan fingerprint density at radius 1 is 1.00 bits per heavy atom. The molecule has 0 aliphatic carbocycles. The monoisotopic (exact) mass is 359 g/mol. The molecule has 1 unspecified atom stereocenters. The summed E-state index contributed by atoms with van der Waals surface area (Å²) < 4.78 is 26.9. The summed E-state index contributed by atoms with van der Waals surface area (Å²) in [7, 11) is 0. The Morgan fingerprint density at radius 3 is 2.11 bits per heavy atom. The highest BCUT2D eigenvalue weighted by molar-refractivity contribution is 14.1. The second-order valence-electron chi connectivity index (χ2n) is 4.14. The lowest BCUT2D eigenvalue weighted by Gasteiger charge is -2.16. The third-order valence-corrected chi connectivity index (χ3v) is 3.80. The number of hydrogen-bond donors (Lipinski definition) is 1. The fourth-order valence-corrected chi connectivity index (χ4v) is 2.72. The predicted octanol–water partition coefficient (Wildman–Crippen LogP) is 3.93. The molecule has 0 heterocycles. The average Bonchev–Trinajstić information content (AvgIpc) is 2.28. The van der Waals surface area contributed by atoms with Crippen molar-refractivity contribution in [2.45, 2.75) is 13.0 Å². The van der Waals surface area contributed by atoms with Gasteiger partial charge in [-0.05, 0) is 70.5 Å². The summed E-state index contributed by atoms with van der Waals surface area (Å²) >= 11 is 2.05. The largest absolute Gasteiger partial charge is 0.320 e. The van der Waals surface area contributed by atoms with Crippen LogP contribution in [0.4, 0.5) is 8.78 Å². The van der Waals surface area contributed by atoms with Gasteiger partial charge < -0.3 is 5.73 Å². The van der Waals surface area contributed by atoms with Gasteiger partial charge in [-0.25, -0.2) is 8.78 Å². The van der Waals surface area contributed by atoms with Gasteiger partial charge in [0.15, 0.2) is 0 Å². The van der Waals surface area contributed by atoms with Crippen LogP contribution in [0.3, 0.4) is 0 Å². The second kappa shape index (κ2) is 5.32. The van der Waals surface area contributed by atoms with Crippen molar-refractivity contribution in [3.63, 3.8) is 0 Å². The van der Waals surface area contributed by atoms with E-state index < -0.39 is 0 Å². The Labute approximate surface area is 118 Å². The molecule has 0 radical (unpaired) electrons. The minimum absolute atomic E-state index is 0.280. The Hall–Kier alpha value is -1.01. The minimum Gasteiger partial charge on any atom is -0.320 e. The van der Waals surface area contributed by atoms with E-state index in [1.54, 1.807) is 12.1 Å². The van der Waals surface area contributed by atoms with E-state index in [2.05, 4.69) is 22.6 Å². The van der Waals surface area contributed by atoms with Crippen molar-refractivity contribution in [2.24, 2.45) is 5.73 Å². The van der Waals surface area contributed by atoms with E-state index in [0.717, 1.165) is 20.3 Å². The first-order chi connectivity index (χ1) is 8.49. The van der Waals surface area contributed by atoms with Gasteiger partial charge in [0.05, 0.1) is 6.04 Å². The summed E-state index contributed by atoms with van der Waals surface area (Å²) in [6, 6.07) is 8.63. The van der Waals surface area contributed by atoms with Crippen molar-refractivity contribution in [2.75, 3.05) is 0 Å². The summed E-state index contributed by atoms with van der Waals surface area (Å²) in [5.41, 5.74) is 8.65. The van der Waals surface area contributed by atoms with Crippen LogP contribution in [0.25, 0.3) is 0 Å². The van der Waals surface area contributed by atoms with Crippen LogP contribution in [-0.2, 0) is 0 Å². The van der Waals surface area contributed by atoms with Gasteiger partial charge in [-0.3, -0.25) is 0 Å². The van der Waals surface area contributed by atoms with Crippen LogP contribution in [-0.4, -0.2) is 0 Å². The molecule has 0 bridgehead atoms. The number of aryl methyl sites for hydroxylation is 1. The molecular weight excluding hydrogens is 347 g/mol. The maximum absolute atomic E-state index is 13.1. The summed E-state index contributed by atoms with van der Waals surface area (Å²) in [4.78, 5) is 0. The molecule has 4 heteroatoms. The predicted molar refractivity (Wildman–Crippen MR) is 76.3 cm³/mol. The fourth-order valence-electron chi connectivity index (χ4n) is 1.91. The van der Waals surface area contributed by atoms with E-state index in [1.807, 2.05) is 6.92 Å². The second-order valence-corrected chi connectivity index (χ2v) is 5.31. The minimum atomic E-state index is -0.377. The van der Waals surface area contributed by atoms with Gasteiger partial charge in [0.25, 0.3) is 0 Å². The van der Waals surface area contributed by atoms with E-state index in [1.165, 1.54) is 24.3 Å². The number of nitrogens with two attached hydrogens (primary N) is 1. The van der Waals surface area contributed by atoms with Crippen LogP contribution >= 0.6 is 22.6 Å². The Balaban J connectivity index is 2.44. The lowest BCUT2D eigenvalue weighted by atomic mass is 9.96. The highest BCUT2D eigenvalue weighted by Gasteiger charge is 2.15. The molecule has 0 amide bonds. The Morgan fingerprint density at radius 2 is 1.56 bits per heavy atom. The summed E-state index contributed by atoms with van der Waals surface area (Å²) in [5.74, 6) is -0.566. The van der Waals surface area contributed by atoms with E-state index in [0.29, 0.717) is 0 Å². The van der Waals surface area contributed by atoms with E-state index in [-0.39, 0.29) is 17.7 Å². The maximum Gasteiger partial charge on any atom is 0.124 e. The average molecular weight is 359 g/mol. The molecule has 2 rings (SSSR count). The molecule has 2 N–H and O–H groups in total. The number of benzene rings is 2. The Kier molecular flexibility index (Phi) is 3.97. The number of rotatable bonds is 2. The van der Waals surface area contributed by atoms with Crippen molar-refractivity contribution in [3.05, 3.63) is 68.3 Å². The van der Waals surface area contributed by atoms with Gasteiger partial charge in [-0.1, -0.05) is 12.1 Å². The van der Waals surface area contributed by atoms with Crippen molar-refractivity contribution < 1.29 is 8.78 Å². The molecule has 18 heavy (non-hydrogen) atoms. The zero-order chi connectivity index (χ0) is 13.3. The third kappa shape index (κ3) is 2.70. The van der Waals surface area contributed by atoms with Crippen molar-refractivity contribution in [3.8, 4) is 0 Å². The van der Waals surface area contributed by atoms with Gasteiger partial charge in [0.1, 0.15) is 11.6 Å². The van der Waals surface area contributed by atoms with Gasteiger partial charge in [0, 0.05) is 3.57 Å².